The molecule has 0 N–H and O–H groups in total. The molecule has 1 aromatic carbocycles. The second-order valence-electron chi connectivity index (χ2n) is 4.66. The summed E-state index contributed by atoms with van der Waals surface area (Å²) in [5.74, 6) is -0.133. The number of carbonyl (C=O) groups excluding carboxylic acids is 1. The van der Waals surface area contributed by atoms with Gasteiger partial charge in [0.25, 0.3) is 11.6 Å². The van der Waals surface area contributed by atoms with Crippen molar-refractivity contribution in [1.82, 2.24) is 4.90 Å². The largest absolute Gasteiger partial charge is 0.290 e. The van der Waals surface area contributed by atoms with E-state index in [2.05, 4.69) is 0 Å². The van der Waals surface area contributed by atoms with Crippen LogP contribution in [0.25, 0.3) is 6.08 Å². The Morgan fingerprint density at radius 1 is 1.52 bits per heavy atom. The standard InChI is InChI=1S/C14H14N2O3S2/c1-3-9(2)15-13(17)12(21-14(15)20)8-10-5-4-6-11(7-10)16(18)19/h4-9H,3H2,1-2H3/b12-8-/t9-/m1/s1. The normalized spacial score (nSPS) is 18.4. The van der Waals surface area contributed by atoms with E-state index in [1.54, 1.807) is 23.1 Å². The molecule has 1 aliphatic heterocycles. The number of hydrogen-bond donors (Lipinski definition) is 0. The predicted octanol–water partition coefficient (Wildman–Crippen LogP) is 3.59. The third-order valence-electron chi connectivity index (χ3n) is 3.23. The van der Waals surface area contributed by atoms with Crippen molar-refractivity contribution < 1.29 is 9.72 Å². The summed E-state index contributed by atoms with van der Waals surface area (Å²) >= 11 is 6.47. The molecule has 1 aromatic rings. The van der Waals surface area contributed by atoms with E-state index in [0.717, 1.165) is 6.42 Å². The van der Waals surface area contributed by atoms with Crippen LogP contribution in [-0.4, -0.2) is 26.1 Å². The summed E-state index contributed by atoms with van der Waals surface area (Å²) < 4.78 is 0.533. The van der Waals surface area contributed by atoms with E-state index in [-0.39, 0.29) is 17.6 Å². The maximum absolute atomic E-state index is 12.4. The summed E-state index contributed by atoms with van der Waals surface area (Å²) in [7, 11) is 0. The number of carbonyl (C=O) groups is 1. The molecule has 110 valence electrons. The number of nitro groups is 1. The van der Waals surface area contributed by atoms with Crippen molar-refractivity contribution in [3.8, 4) is 0 Å². The molecule has 1 atom stereocenters. The highest BCUT2D eigenvalue weighted by molar-refractivity contribution is 8.26. The first-order chi connectivity index (χ1) is 9.93. The van der Waals surface area contributed by atoms with Crippen LogP contribution in [0, 0.1) is 10.1 Å². The van der Waals surface area contributed by atoms with Gasteiger partial charge in [-0.2, -0.15) is 0 Å². The van der Waals surface area contributed by atoms with Gasteiger partial charge in [0.2, 0.25) is 0 Å². The quantitative estimate of drug-likeness (QED) is 0.367. The lowest BCUT2D eigenvalue weighted by Crippen LogP contribution is -2.36. The van der Waals surface area contributed by atoms with Gasteiger partial charge in [-0.3, -0.25) is 19.8 Å². The van der Waals surface area contributed by atoms with Gasteiger partial charge in [-0.05, 0) is 25.0 Å². The average Bonchev–Trinajstić information content (AvgIpc) is 2.73. The van der Waals surface area contributed by atoms with E-state index in [0.29, 0.717) is 14.8 Å². The predicted molar refractivity (Wildman–Crippen MR) is 87.9 cm³/mol. The number of non-ortho nitro benzene ring substituents is 1. The number of thiocarbonyl (C=S) groups is 1. The van der Waals surface area contributed by atoms with Gasteiger partial charge >= 0.3 is 0 Å². The van der Waals surface area contributed by atoms with E-state index < -0.39 is 4.92 Å². The summed E-state index contributed by atoms with van der Waals surface area (Å²) in [5.41, 5.74) is 0.620. The van der Waals surface area contributed by atoms with Crippen molar-refractivity contribution in [3.05, 3.63) is 44.8 Å². The first kappa shape index (κ1) is 15.7. The van der Waals surface area contributed by atoms with E-state index in [4.69, 9.17) is 12.2 Å². The highest BCUT2D eigenvalue weighted by atomic mass is 32.2. The van der Waals surface area contributed by atoms with E-state index in [1.807, 2.05) is 13.8 Å². The lowest BCUT2D eigenvalue weighted by molar-refractivity contribution is -0.384. The number of benzene rings is 1. The topological polar surface area (TPSA) is 63.5 Å². The molecule has 2 rings (SSSR count). The summed E-state index contributed by atoms with van der Waals surface area (Å²) in [4.78, 5) is 24.8. The van der Waals surface area contributed by atoms with Gasteiger partial charge in [0.05, 0.1) is 9.83 Å². The van der Waals surface area contributed by atoms with Crippen LogP contribution in [0.3, 0.4) is 0 Å². The summed E-state index contributed by atoms with van der Waals surface area (Å²) in [6, 6.07) is 6.23. The smallest absolute Gasteiger partial charge is 0.270 e. The molecule has 0 bridgehead atoms. The van der Waals surface area contributed by atoms with Crippen LogP contribution < -0.4 is 0 Å². The summed E-state index contributed by atoms with van der Waals surface area (Å²) in [6.45, 7) is 3.94. The van der Waals surface area contributed by atoms with Crippen LogP contribution in [0.5, 0.6) is 0 Å². The second kappa shape index (κ2) is 6.36. The van der Waals surface area contributed by atoms with E-state index in [9.17, 15) is 14.9 Å². The molecule has 0 saturated carbocycles. The fraction of sp³-hybridized carbons (Fsp3) is 0.286. The van der Waals surface area contributed by atoms with Crippen molar-refractivity contribution in [3.63, 3.8) is 0 Å². The summed E-state index contributed by atoms with van der Waals surface area (Å²) in [5, 5.41) is 10.8. The molecule has 21 heavy (non-hydrogen) atoms. The maximum atomic E-state index is 12.4. The molecule has 0 aliphatic carbocycles. The van der Waals surface area contributed by atoms with Crippen molar-refractivity contribution in [2.24, 2.45) is 0 Å². The Bertz CT molecular complexity index is 643. The maximum Gasteiger partial charge on any atom is 0.270 e. The SMILES string of the molecule is CC[C@@H](C)N1C(=O)/C(=C/c2cccc([N+](=O)[O-])c2)SC1=S. The minimum Gasteiger partial charge on any atom is -0.290 e. The highest BCUT2D eigenvalue weighted by Crippen LogP contribution is 2.34. The van der Waals surface area contributed by atoms with Crippen molar-refractivity contribution >= 4 is 46.0 Å². The molecule has 0 radical (unpaired) electrons. The van der Waals surface area contributed by atoms with Gasteiger partial charge < -0.3 is 0 Å². The lowest BCUT2D eigenvalue weighted by atomic mass is 10.1. The van der Waals surface area contributed by atoms with Gasteiger partial charge in [-0.1, -0.05) is 43.0 Å². The van der Waals surface area contributed by atoms with E-state index in [1.165, 1.54) is 23.9 Å². The molecule has 1 aliphatic rings. The average molecular weight is 322 g/mol. The third kappa shape index (κ3) is 3.30. The Morgan fingerprint density at radius 3 is 2.86 bits per heavy atom. The highest BCUT2D eigenvalue weighted by Gasteiger charge is 2.34. The van der Waals surface area contributed by atoms with Crippen LogP contribution in [0.4, 0.5) is 5.69 Å². The summed E-state index contributed by atoms with van der Waals surface area (Å²) in [6.07, 6.45) is 2.46. The molecule has 7 heteroatoms. The number of nitro benzene ring substituents is 1. The number of hydrogen-bond acceptors (Lipinski definition) is 5. The molecular weight excluding hydrogens is 308 g/mol. The molecule has 0 unspecified atom stereocenters. The monoisotopic (exact) mass is 322 g/mol. The van der Waals surface area contributed by atoms with E-state index >= 15 is 0 Å². The van der Waals surface area contributed by atoms with Crippen molar-refractivity contribution in [2.75, 3.05) is 0 Å². The lowest BCUT2D eigenvalue weighted by Gasteiger charge is -2.21. The first-order valence-electron chi connectivity index (χ1n) is 6.45. The van der Waals surface area contributed by atoms with Crippen LogP contribution in [-0.2, 0) is 4.79 Å². The van der Waals surface area contributed by atoms with Crippen molar-refractivity contribution in [1.29, 1.82) is 0 Å². The number of nitrogens with zero attached hydrogens (tertiary/aromatic N) is 2. The molecule has 1 heterocycles. The first-order valence-corrected chi connectivity index (χ1v) is 7.68. The minimum absolute atomic E-state index is 0.00107. The fourth-order valence-corrected chi connectivity index (χ4v) is 3.38. The Hall–Kier alpha value is -1.73. The molecule has 1 amide bonds. The molecule has 1 saturated heterocycles. The van der Waals surface area contributed by atoms with Crippen molar-refractivity contribution in [2.45, 2.75) is 26.3 Å². The van der Waals surface area contributed by atoms with Gasteiger partial charge in [0.15, 0.2) is 0 Å². The molecule has 0 spiro atoms. The molecule has 0 aromatic heterocycles. The number of amides is 1. The minimum atomic E-state index is -0.457. The Morgan fingerprint density at radius 2 is 2.24 bits per heavy atom. The number of thioether (sulfide) groups is 1. The molecular formula is C14H14N2O3S2. The Balaban J connectivity index is 2.30. The second-order valence-corrected chi connectivity index (χ2v) is 6.34. The zero-order chi connectivity index (χ0) is 15.6. The fourth-order valence-electron chi connectivity index (χ4n) is 1.92. The van der Waals surface area contributed by atoms with Crippen LogP contribution in [0.2, 0.25) is 0 Å². The third-order valence-corrected chi connectivity index (χ3v) is 4.56. The van der Waals surface area contributed by atoms with Gasteiger partial charge in [0.1, 0.15) is 4.32 Å². The number of rotatable bonds is 4. The van der Waals surface area contributed by atoms with Gasteiger partial charge in [0, 0.05) is 18.2 Å². The molecule has 1 fully saturated rings. The zero-order valence-electron chi connectivity index (χ0n) is 11.6. The van der Waals surface area contributed by atoms with Crippen LogP contribution in [0.1, 0.15) is 25.8 Å². The van der Waals surface area contributed by atoms with Gasteiger partial charge in [-0.15, -0.1) is 0 Å². The molecule has 5 nitrogen and oxygen atoms in total. The Kier molecular flexibility index (Phi) is 4.74. The van der Waals surface area contributed by atoms with Crippen LogP contribution >= 0.6 is 24.0 Å². The van der Waals surface area contributed by atoms with Gasteiger partial charge in [-0.25, -0.2) is 0 Å². The Labute approximate surface area is 132 Å². The van der Waals surface area contributed by atoms with Crippen LogP contribution in [0.15, 0.2) is 29.2 Å². The zero-order valence-corrected chi connectivity index (χ0v) is 13.2.